The van der Waals surface area contributed by atoms with Gasteiger partial charge in [-0.25, -0.2) is 0 Å². The Kier molecular flexibility index (Phi) is 4.73. The first kappa shape index (κ1) is 17.8. The van der Waals surface area contributed by atoms with Crippen LogP contribution in [0.3, 0.4) is 0 Å². The Morgan fingerprint density at radius 2 is 1.86 bits per heavy atom. The topological polar surface area (TPSA) is 26.3 Å². The van der Waals surface area contributed by atoms with Crippen molar-refractivity contribution in [3.05, 3.63) is 0 Å². The molecule has 0 aromatic carbocycles. The van der Waals surface area contributed by atoms with Gasteiger partial charge in [-0.3, -0.25) is 4.79 Å². The lowest BCUT2D eigenvalue weighted by atomic mass is 9.64. The van der Waals surface area contributed by atoms with Gasteiger partial charge < -0.3 is 4.74 Å². The van der Waals surface area contributed by atoms with E-state index in [1.807, 2.05) is 0 Å². The maximum Gasteiger partial charge on any atom is 0.312 e. The largest absolute Gasteiger partial charge is 0.458 e. The molecule has 2 nitrogen and oxygen atoms in total. The normalized spacial score (nSPS) is 34.0. The summed E-state index contributed by atoms with van der Waals surface area (Å²) in [7, 11) is 0. The highest BCUT2D eigenvalue weighted by molar-refractivity contribution is 5.78. The molecule has 2 rings (SSSR count). The van der Waals surface area contributed by atoms with Crippen molar-refractivity contribution in [2.75, 3.05) is 0 Å². The zero-order valence-electron chi connectivity index (χ0n) is 15.8. The molecule has 2 bridgehead atoms. The summed E-state index contributed by atoms with van der Waals surface area (Å²) < 4.78 is 6.34. The molecule has 4 atom stereocenters. The van der Waals surface area contributed by atoms with E-state index in [2.05, 4.69) is 48.5 Å². The summed E-state index contributed by atoms with van der Waals surface area (Å²) in [6, 6.07) is 0. The minimum atomic E-state index is -0.412. The Hall–Kier alpha value is -0.530. The Balaban J connectivity index is 2.21. The van der Waals surface area contributed by atoms with Gasteiger partial charge in [-0.15, -0.1) is 0 Å². The molecule has 0 aromatic heterocycles. The zero-order valence-corrected chi connectivity index (χ0v) is 15.8. The summed E-state index contributed by atoms with van der Waals surface area (Å²) in [5.41, 5.74) is -0.657. The number of ether oxygens (including phenoxy) is 1. The fourth-order valence-electron chi connectivity index (χ4n) is 4.83. The van der Waals surface area contributed by atoms with Crippen molar-refractivity contribution >= 4 is 5.97 Å². The first-order valence-electron chi connectivity index (χ1n) is 9.27. The Morgan fingerprint density at radius 3 is 2.23 bits per heavy atom. The maximum atomic E-state index is 13.2. The average molecular weight is 309 g/mol. The van der Waals surface area contributed by atoms with Crippen molar-refractivity contribution in [2.24, 2.45) is 28.6 Å². The van der Waals surface area contributed by atoms with Crippen LogP contribution in [0.1, 0.15) is 87.0 Å². The summed E-state index contributed by atoms with van der Waals surface area (Å²) in [5.74, 6) is 1.94. The minimum Gasteiger partial charge on any atom is -0.458 e. The molecule has 0 radical (unpaired) electrons. The Morgan fingerprint density at radius 1 is 1.23 bits per heavy atom. The van der Waals surface area contributed by atoms with Crippen LogP contribution in [0, 0.1) is 28.6 Å². The van der Waals surface area contributed by atoms with Gasteiger partial charge in [-0.2, -0.15) is 0 Å². The molecule has 2 saturated carbocycles. The van der Waals surface area contributed by atoms with Crippen molar-refractivity contribution in [1.82, 2.24) is 0 Å². The number of esters is 1. The standard InChI is InChI=1S/C20H36O2/c1-8-20(13-15-9-10-16(20)11-15)22-17(21)19(7,12-14(2)3)18(4,5)6/h14-16H,8-13H2,1-7H3. The van der Waals surface area contributed by atoms with E-state index in [1.165, 1.54) is 19.3 Å². The Labute approximate surface area is 137 Å². The molecule has 2 aliphatic rings. The third kappa shape index (κ3) is 2.95. The second-order valence-corrected chi connectivity index (χ2v) is 9.57. The molecule has 2 heteroatoms. The molecule has 0 spiro atoms. The van der Waals surface area contributed by atoms with E-state index in [4.69, 9.17) is 4.74 Å². The quantitative estimate of drug-likeness (QED) is 0.618. The fourth-order valence-corrected chi connectivity index (χ4v) is 4.83. The van der Waals surface area contributed by atoms with Crippen LogP contribution in [0.5, 0.6) is 0 Å². The first-order valence-corrected chi connectivity index (χ1v) is 9.27. The molecule has 0 saturated heterocycles. The number of carbonyl (C=O) groups excluding carboxylic acids is 1. The van der Waals surface area contributed by atoms with Gasteiger partial charge in [0, 0.05) is 0 Å². The molecule has 0 aliphatic heterocycles. The monoisotopic (exact) mass is 308 g/mol. The van der Waals surface area contributed by atoms with Gasteiger partial charge in [0.05, 0.1) is 5.41 Å². The van der Waals surface area contributed by atoms with Gasteiger partial charge in [-0.1, -0.05) is 41.5 Å². The summed E-state index contributed by atoms with van der Waals surface area (Å²) in [6.45, 7) is 15.2. The van der Waals surface area contributed by atoms with E-state index in [0.717, 1.165) is 25.2 Å². The number of carbonyl (C=O) groups is 1. The van der Waals surface area contributed by atoms with Crippen LogP contribution < -0.4 is 0 Å². The van der Waals surface area contributed by atoms with Crippen molar-refractivity contribution in [1.29, 1.82) is 0 Å². The second kappa shape index (κ2) is 5.83. The summed E-state index contributed by atoms with van der Waals surface area (Å²) >= 11 is 0. The minimum absolute atomic E-state index is 0.0445. The summed E-state index contributed by atoms with van der Waals surface area (Å²) in [6.07, 6.45) is 6.83. The third-order valence-corrected chi connectivity index (χ3v) is 6.74. The van der Waals surface area contributed by atoms with Gasteiger partial charge >= 0.3 is 5.97 Å². The summed E-state index contributed by atoms with van der Waals surface area (Å²) in [5, 5.41) is 0. The van der Waals surface area contributed by atoms with E-state index in [0.29, 0.717) is 11.8 Å². The average Bonchev–Trinajstić information content (AvgIpc) is 2.97. The fraction of sp³-hybridized carbons (Fsp3) is 0.950. The van der Waals surface area contributed by atoms with E-state index >= 15 is 0 Å². The Bertz CT molecular complexity index is 420. The van der Waals surface area contributed by atoms with Gasteiger partial charge in [0.2, 0.25) is 0 Å². The number of hydrogen-bond donors (Lipinski definition) is 0. The molecule has 128 valence electrons. The lowest BCUT2D eigenvalue weighted by molar-refractivity contribution is -0.186. The highest BCUT2D eigenvalue weighted by atomic mass is 16.6. The predicted octanol–water partition coefficient (Wildman–Crippen LogP) is 5.60. The molecule has 0 amide bonds. The third-order valence-electron chi connectivity index (χ3n) is 6.74. The number of hydrogen-bond acceptors (Lipinski definition) is 2. The van der Waals surface area contributed by atoms with Crippen LogP contribution in [-0.2, 0) is 9.53 Å². The lowest BCUT2D eigenvalue weighted by Crippen LogP contribution is -2.48. The van der Waals surface area contributed by atoms with Crippen molar-refractivity contribution in [2.45, 2.75) is 92.6 Å². The lowest BCUT2D eigenvalue weighted by Gasteiger charge is -2.45. The molecule has 0 N–H and O–H groups in total. The zero-order chi connectivity index (χ0) is 16.8. The van der Waals surface area contributed by atoms with E-state index in [9.17, 15) is 4.79 Å². The maximum absolute atomic E-state index is 13.2. The van der Waals surface area contributed by atoms with Crippen molar-refractivity contribution in [3.8, 4) is 0 Å². The van der Waals surface area contributed by atoms with Crippen LogP contribution in [0.4, 0.5) is 0 Å². The molecule has 2 aliphatic carbocycles. The number of fused-ring (bicyclic) bond motifs is 2. The van der Waals surface area contributed by atoms with E-state index < -0.39 is 5.41 Å². The van der Waals surface area contributed by atoms with Gasteiger partial charge in [0.25, 0.3) is 0 Å². The molecule has 0 heterocycles. The van der Waals surface area contributed by atoms with E-state index in [1.54, 1.807) is 0 Å². The molecule has 4 unspecified atom stereocenters. The highest BCUT2D eigenvalue weighted by Gasteiger charge is 2.55. The second-order valence-electron chi connectivity index (χ2n) is 9.57. The highest BCUT2D eigenvalue weighted by Crippen LogP contribution is 2.55. The van der Waals surface area contributed by atoms with Gasteiger partial charge in [-0.05, 0) is 68.6 Å². The molecular formula is C20H36O2. The molecule has 22 heavy (non-hydrogen) atoms. The summed E-state index contributed by atoms with van der Waals surface area (Å²) in [4.78, 5) is 13.2. The van der Waals surface area contributed by atoms with Crippen LogP contribution in [0.15, 0.2) is 0 Å². The first-order chi connectivity index (χ1) is 10.0. The van der Waals surface area contributed by atoms with E-state index in [-0.39, 0.29) is 17.0 Å². The molecule has 2 fully saturated rings. The van der Waals surface area contributed by atoms with Crippen molar-refractivity contribution in [3.63, 3.8) is 0 Å². The van der Waals surface area contributed by atoms with Gasteiger partial charge in [0.1, 0.15) is 5.60 Å². The molecular weight excluding hydrogens is 272 g/mol. The predicted molar refractivity (Wildman–Crippen MR) is 91.6 cm³/mol. The van der Waals surface area contributed by atoms with Crippen LogP contribution in [0.25, 0.3) is 0 Å². The smallest absolute Gasteiger partial charge is 0.312 e. The van der Waals surface area contributed by atoms with Crippen LogP contribution in [0.2, 0.25) is 0 Å². The number of rotatable bonds is 5. The van der Waals surface area contributed by atoms with Crippen molar-refractivity contribution < 1.29 is 9.53 Å². The van der Waals surface area contributed by atoms with Gasteiger partial charge in [0.15, 0.2) is 0 Å². The van der Waals surface area contributed by atoms with Crippen LogP contribution >= 0.6 is 0 Å². The molecule has 0 aromatic rings. The SMILES string of the molecule is CCC1(OC(=O)C(C)(CC(C)C)C(C)(C)C)CC2CCC1C2. The van der Waals surface area contributed by atoms with Crippen LogP contribution in [-0.4, -0.2) is 11.6 Å².